The Kier molecular flexibility index (Phi) is 4.29. The van der Waals surface area contributed by atoms with E-state index in [0.29, 0.717) is 6.42 Å². The maximum Gasteiger partial charge on any atom is 0.237 e. The Morgan fingerprint density at radius 2 is 2.07 bits per heavy atom. The maximum absolute atomic E-state index is 10.9. The number of primary sulfonamides is 1. The van der Waals surface area contributed by atoms with E-state index < -0.39 is 15.6 Å². The molecule has 5 nitrogen and oxygen atoms in total. The van der Waals surface area contributed by atoms with Crippen molar-refractivity contribution in [3.63, 3.8) is 0 Å². The van der Waals surface area contributed by atoms with Crippen LogP contribution in [0.3, 0.4) is 0 Å². The van der Waals surface area contributed by atoms with E-state index in [4.69, 9.17) is 16.6 Å². The van der Waals surface area contributed by atoms with E-state index in [1.165, 1.54) is 12.2 Å². The molecule has 0 fully saturated rings. The van der Waals surface area contributed by atoms with E-state index in [0.717, 1.165) is 0 Å². The van der Waals surface area contributed by atoms with Gasteiger partial charge in [-0.05, 0) is 12.5 Å². The molecule has 0 spiro atoms. The van der Waals surface area contributed by atoms with Crippen molar-refractivity contribution in [3.05, 3.63) is 23.1 Å². The first-order valence-corrected chi connectivity index (χ1v) is 5.33. The average Bonchev–Trinajstić information content (AvgIpc) is 2.04. The maximum atomic E-state index is 10.9. The highest BCUT2D eigenvalue weighted by Gasteiger charge is 2.23. The van der Waals surface area contributed by atoms with E-state index in [9.17, 15) is 8.42 Å². The molecule has 1 aliphatic carbocycles. The zero-order chi connectivity index (χ0) is 10.1. The lowest BCUT2D eigenvalue weighted by Crippen LogP contribution is -2.45. The fraction of sp³-hybridized carbons (Fsp3) is 0.429. The molecular weight excluding hydrogens is 226 g/mol. The summed E-state index contributed by atoms with van der Waals surface area (Å²) in [5.41, 5.74) is 10.5. The quantitative estimate of drug-likeness (QED) is 0.585. The summed E-state index contributed by atoms with van der Waals surface area (Å²) >= 11 is 0. The monoisotopic (exact) mass is 239 g/mol. The van der Waals surface area contributed by atoms with E-state index in [1.54, 1.807) is 6.08 Å². The van der Waals surface area contributed by atoms with Crippen molar-refractivity contribution < 1.29 is 8.42 Å². The van der Waals surface area contributed by atoms with Crippen LogP contribution in [0.5, 0.6) is 0 Å². The van der Waals surface area contributed by atoms with Crippen LogP contribution < -0.4 is 16.6 Å². The highest BCUT2D eigenvalue weighted by molar-refractivity contribution is 7.93. The SMILES string of the molecule is Cl.NCC1(N)C=CC(S(N)(=O)=O)=CC1. The molecule has 0 saturated heterocycles. The van der Waals surface area contributed by atoms with Crippen molar-refractivity contribution >= 4 is 22.4 Å². The van der Waals surface area contributed by atoms with Crippen molar-refractivity contribution in [2.75, 3.05) is 6.54 Å². The summed E-state index contributed by atoms with van der Waals surface area (Å²) in [4.78, 5) is 0.0991. The smallest absolute Gasteiger partial charge is 0.237 e. The summed E-state index contributed by atoms with van der Waals surface area (Å²) < 4.78 is 21.7. The van der Waals surface area contributed by atoms with E-state index in [-0.39, 0.29) is 23.9 Å². The highest BCUT2D eigenvalue weighted by atomic mass is 35.5. The number of hydrogen-bond acceptors (Lipinski definition) is 4. The van der Waals surface area contributed by atoms with Crippen LogP contribution in [0.25, 0.3) is 0 Å². The Morgan fingerprint density at radius 1 is 1.50 bits per heavy atom. The van der Waals surface area contributed by atoms with Gasteiger partial charge in [0.1, 0.15) is 0 Å². The summed E-state index contributed by atoms with van der Waals surface area (Å²) in [6, 6.07) is 0. The van der Waals surface area contributed by atoms with Crippen molar-refractivity contribution in [1.82, 2.24) is 0 Å². The number of halogens is 1. The van der Waals surface area contributed by atoms with Gasteiger partial charge in [0.05, 0.1) is 10.4 Å². The molecule has 0 aromatic heterocycles. The Labute approximate surface area is 89.5 Å². The van der Waals surface area contributed by atoms with Crippen LogP contribution in [0, 0.1) is 0 Å². The number of rotatable bonds is 2. The van der Waals surface area contributed by atoms with Crippen LogP contribution in [-0.4, -0.2) is 20.5 Å². The van der Waals surface area contributed by atoms with Crippen molar-refractivity contribution in [3.8, 4) is 0 Å². The predicted molar refractivity (Wildman–Crippen MR) is 58.2 cm³/mol. The fourth-order valence-electron chi connectivity index (χ4n) is 1.04. The van der Waals surface area contributed by atoms with Crippen molar-refractivity contribution in [2.24, 2.45) is 16.6 Å². The molecule has 0 aromatic rings. The zero-order valence-corrected chi connectivity index (χ0v) is 9.14. The summed E-state index contributed by atoms with van der Waals surface area (Å²) in [6.45, 7) is 0.276. The van der Waals surface area contributed by atoms with Gasteiger partial charge in [-0.3, -0.25) is 0 Å². The van der Waals surface area contributed by atoms with Crippen LogP contribution in [-0.2, 0) is 10.0 Å². The molecule has 7 heteroatoms. The number of allylic oxidation sites excluding steroid dienone is 1. The van der Waals surface area contributed by atoms with Crippen molar-refractivity contribution in [2.45, 2.75) is 12.0 Å². The minimum atomic E-state index is -3.61. The Balaban J connectivity index is 0.00000169. The molecule has 0 radical (unpaired) electrons. The average molecular weight is 240 g/mol. The number of sulfonamides is 1. The summed E-state index contributed by atoms with van der Waals surface area (Å²) in [7, 11) is -3.61. The first-order chi connectivity index (χ1) is 5.87. The van der Waals surface area contributed by atoms with E-state index in [1.807, 2.05) is 0 Å². The second-order valence-electron chi connectivity index (χ2n) is 3.13. The van der Waals surface area contributed by atoms with Crippen LogP contribution in [0.15, 0.2) is 23.1 Å². The molecule has 1 rings (SSSR count). The van der Waals surface area contributed by atoms with E-state index in [2.05, 4.69) is 0 Å². The standard InChI is InChI=1S/C7H13N3O2S.ClH/c8-5-7(9)3-1-6(2-4-7)13(10,11)12;/h1-3H,4-5,8-9H2,(H2,10,11,12);1H. The molecule has 1 aliphatic rings. The third-order valence-corrected chi connectivity index (χ3v) is 2.93. The summed E-state index contributed by atoms with van der Waals surface area (Å²) in [6.07, 6.45) is 4.85. The second kappa shape index (κ2) is 4.41. The van der Waals surface area contributed by atoms with Gasteiger partial charge in [-0.2, -0.15) is 0 Å². The molecule has 0 heterocycles. The molecular formula is C7H14ClN3O2S. The van der Waals surface area contributed by atoms with E-state index >= 15 is 0 Å². The number of hydrogen-bond donors (Lipinski definition) is 3. The topological polar surface area (TPSA) is 112 Å². The predicted octanol–water partition coefficient (Wildman–Crippen LogP) is -0.803. The molecule has 0 aromatic carbocycles. The van der Waals surface area contributed by atoms with Crippen LogP contribution in [0.1, 0.15) is 6.42 Å². The number of nitrogens with two attached hydrogens (primary N) is 3. The van der Waals surface area contributed by atoms with Gasteiger partial charge in [-0.1, -0.05) is 12.2 Å². The van der Waals surface area contributed by atoms with Gasteiger partial charge in [0.25, 0.3) is 0 Å². The molecule has 0 saturated carbocycles. The van der Waals surface area contributed by atoms with Crippen LogP contribution >= 0.6 is 12.4 Å². The summed E-state index contributed by atoms with van der Waals surface area (Å²) in [5.74, 6) is 0. The Morgan fingerprint density at radius 3 is 2.36 bits per heavy atom. The molecule has 0 aliphatic heterocycles. The van der Waals surface area contributed by atoms with Crippen LogP contribution in [0.2, 0.25) is 0 Å². The normalized spacial score (nSPS) is 26.6. The second-order valence-corrected chi connectivity index (χ2v) is 4.69. The van der Waals surface area contributed by atoms with Gasteiger partial charge >= 0.3 is 0 Å². The lowest BCUT2D eigenvalue weighted by atomic mass is 9.93. The minimum Gasteiger partial charge on any atom is -0.328 e. The molecule has 1 atom stereocenters. The van der Waals surface area contributed by atoms with Gasteiger partial charge in [-0.25, -0.2) is 13.6 Å². The molecule has 0 amide bonds. The molecule has 82 valence electrons. The van der Waals surface area contributed by atoms with Crippen LogP contribution in [0.4, 0.5) is 0 Å². The van der Waals surface area contributed by atoms with Gasteiger partial charge < -0.3 is 11.5 Å². The Hall–Kier alpha value is -0.400. The lowest BCUT2D eigenvalue weighted by molar-refractivity contribution is 0.541. The largest absolute Gasteiger partial charge is 0.328 e. The molecule has 6 N–H and O–H groups in total. The fourth-order valence-corrected chi connectivity index (χ4v) is 1.61. The third kappa shape index (κ3) is 3.07. The molecule has 1 unspecified atom stereocenters. The highest BCUT2D eigenvalue weighted by Crippen LogP contribution is 2.19. The van der Waals surface area contributed by atoms with Gasteiger partial charge in [0.2, 0.25) is 10.0 Å². The van der Waals surface area contributed by atoms with Gasteiger partial charge in [0.15, 0.2) is 0 Å². The lowest BCUT2D eigenvalue weighted by Gasteiger charge is -2.25. The van der Waals surface area contributed by atoms with Gasteiger partial charge in [-0.15, -0.1) is 12.4 Å². The Bertz CT molecular complexity index is 363. The first-order valence-electron chi connectivity index (χ1n) is 3.78. The van der Waals surface area contributed by atoms with Gasteiger partial charge in [0, 0.05) is 6.54 Å². The minimum absolute atomic E-state index is 0. The molecule has 14 heavy (non-hydrogen) atoms. The summed E-state index contributed by atoms with van der Waals surface area (Å²) in [5, 5.41) is 4.92. The zero-order valence-electron chi connectivity index (χ0n) is 7.51. The molecule has 0 bridgehead atoms. The van der Waals surface area contributed by atoms with Crippen molar-refractivity contribution in [1.29, 1.82) is 0 Å². The first kappa shape index (κ1) is 13.6. The third-order valence-electron chi connectivity index (χ3n) is 1.97.